The van der Waals surface area contributed by atoms with Gasteiger partial charge in [-0.05, 0) is 36.1 Å². The lowest BCUT2D eigenvalue weighted by molar-refractivity contribution is 0.240. The molecule has 2 heterocycles. The second-order valence-electron chi connectivity index (χ2n) is 7.49. The SMILES string of the molecule is CC(C)C1C(O)=CCc2cnc(N(c3ccccc3)N3CCNCC3)nc21. The Bertz CT molecular complexity index is 815. The maximum atomic E-state index is 10.4. The molecule has 1 saturated heterocycles. The van der Waals surface area contributed by atoms with Gasteiger partial charge in [-0.1, -0.05) is 32.0 Å². The Hall–Kier alpha value is -2.44. The van der Waals surface area contributed by atoms with Gasteiger partial charge >= 0.3 is 0 Å². The molecule has 1 aliphatic heterocycles. The van der Waals surface area contributed by atoms with E-state index in [0.29, 0.717) is 18.1 Å². The standard InChI is InChI=1S/C21H27N5O/c1-15(2)19-18(27)9-8-16-14-23-21(24-20(16)19)26(17-6-4-3-5-7-17)25-12-10-22-11-13-25/h3-7,9,14-15,19,22,27H,8,10-13H2,1-2H3. The molecule has 1 atom stereocenters. The van der Waals surface area contributed by atoms with Crippen LogP contribution in [0.25, 0.3) is 0 Å². The number of anilines is 2. The zero-order chi connectivity index (χ0) is 18.8. The van der Waals surface area contributed by atoms with Crippen LogP contribution in [0, 0.1) is 5.92 Å². The lowest BCUT2D eigenvalue weighted by Crippen LogP contribution is -2.51. The third-order valence-electron chi connectivity index (χ3n) is 5.26. The number of aromatic nitrogens is 2. The van der Waals surface area contributed by atoms with Crippen molar-refractivity contribution >= 4 is 11.6 Å². The molecule has 6 nitrogen and oxygen atoms in total. The van der Waals surface area contributed by atoms with Crippen molar-refractivity contribution in [3.63, 3.8) is 0 Å². The minimum Gasteiger partial charge on any atom is -0.512 e. The smallest absolute Gasteiger partial charge is 0.245 e. The fourth-order valence-corrected chi connectivity index (χ4v) is 3.91. The van der Waals surface area contributed by atoms with E-state index in [-0.39, 0.29) is 11.8 Å². The first-order valence-corrected chi connectivity index (χ1v) is 9.70. The molecule has 1 aliphatic carbocycles. The number of hydrogen-bond acceptors (Lipinski definition) is 6. The van der Waals surface area contributed by atoms with E-state index in [1.807, 2.05) is 30.5 Å². The first-order chi connectivity index (χ1) is 13.1. The summed E-state index contributed by atoms with van der Waals surface area (Å²) in [7, 11) is 0. The van der Waals surface area contributed by atoms with Crippen LogP contribution in [0.2, 0.25) is 0 Å². The molecule has 2 N–H and O–H groups in total. The molecular formula is C21H27N5O. The van der Waals surface area contributed by atoms with Crippen molar-refractivity contribution < 1.29 is 5.11 Å². The van der Waals surface area contributed by atoms with Crippen LogP contribution < -0.4 is 10.3 Å². The van der Waals surface area contributed by atoms with Crippen molar-refractivity contribution in [2.24, 2.45) is 5.92 Å². The van der Waals surface area contributed by atoms with Crippen molar-refractivity contribution in [1.29, 1.82) is 0 Å². The van der Waals surface area contributed by atoms with E-state index in [1.54, 1.807) is 0 Å². The van der Waals surface area contributed by atoms with Gasteiger partial charge in [0.2, 0.25) is 5.95 Å². The fourth-order valence-electron chi connectivity index (χ4n) is 3.91. The molecule has 1 aromatic heterocycles. The minimum atomic E-state index is -0.0730. The molecule has 2 aliphatic rings. The van der Waals surface area contributed by atoms with Gasteiger partial charge in [-0.25, -0.2) is 20.0 Å². The molecule has 1 fully saturated rings. The number of hydrogen-bond donors (Lipinski definition) is 2. The molecule has 27 heavy (non-hydrogen) atoms. The molecule has 0 bridgehead atoms. The van der Waals surface area contributed by atoms with E-state index in [9.17, 15) is 5.11 Å². The highest BCUT2D eigenvalue weighted by Crippen LogP contribution is 2.36. The van der Waals surface area contributed by atoms with Gasteiger partial charge in [-0.15, -0.1) is 0 Å². The zero-order valence-corrected chi connectivity index (χ0v) is 16.0. The van der Waals surface area contributed by atoms with Crippen LogP contribution in [-0.4, -0.2) is 46.3 Å². The van der Waals surface area contributed by atoms with Gasteiger partial charge in [-0.3, -0.25) is 0 Å². The molecule has 0 amide bonds. The quantitative estimate of drug-likeness (QED) is 0.868. The number of aliphatic hydroxyl groups is 1. The third-order valence-corrected chi connectivity index (χ3v) is 5.26. The molecule has 2 aromatic rings. The summed E-state index contributed by atoms with van der Waals surface area (Å²) >= 11 is 0. The number of piperazine rings is 1. The summed E-state index contributed by atoms with van der Waals surface area (Å²) in [6.07, 6.45) is 4.50. The zero-order valence-electron chi connectivity index (χ0n) is 16.0. The van der Waals surface area contributed by atoms with Crippen LogP contribution in [0.15, 0.2) is 48.4 Å². The average molecular weight is 365 g/mol. The van der Waals surface area contributed by atoms with Crippen molar-refractivity contribution in [2.75, 3.05) is 31.2 Å². The van der Waals surface area contributed by atoms with Gasteiger partial charge in [0.15, 0.2) is 0 Å². The van der Waals surface area contributed by atoms with Gasteiger partial charge in [0, 0.05) is 32.4 Å². The Labute approximate surface area is 160 Å². The number of nitrogens with zero attached hydrogens (tertiary/aromatic N) is 4. The van der Waals surface area contributed by atoms with Crippen LogP contribution in [0.5, 0.6) is 0 Å². The Kier molecular flexibility index (Phi) is 5.09. The number of fused-ring (bicyclic) bond motifs is 1. The average Bonchev–Trinajstić information content (AvgIpc) is 2.69. The predicted octanol–water partition coefficient (Wildman–Crippen LogP) is 3.17. The predicted molar refractivity (Wildman–Crippen MR) is 107 cm³/mol. The first-order valence-electron chi connectivity index (χ1n) is 9.70. The number of allylic oxidation sites excluding steroid dienone is 2. The van der Waals surface area contributed by atoms with Crippen molar-refractivity contribution in [3.8, 4) is 0 Å². The summed E-state index contributed by atoms with van der Waals surface area (Å²) in [6.45, 7) is 7.91. The maximum Gasteiger partial charge on any atom is 0.245 e. The van der Waals surface area contributed by atoms with E-state index in [4.69, 9.17) is 9.97 Å². The highest BCUT2D eigenvalue weighted by molar-refractivity contribution is 5.56. The highest BCUT2D eigenvalue weighted by Gasteiger charge is 2.30. The van der Waals surface area contributed by atoms with Crippen molar-refractivity contribution in [2.45, 2.75) is 26.2 Å². The Morgan fingerprint density at radius 2 is 1.93 bits per heavy atom. The fraction of sp³-hybridized carbons (Fsp3) is 0.429. The molecule has 1 unspecified atom stereocenters. The molecular weight excluding hydrogens is 338 g/mol. The van der Waals surface area contributed by atoms with Crippen LogP contribution in [0.3, 0.4) is 0 Å². The minimum absolute atomic E-state index is 0.0730. The number of rotatable bonds is 4. The summed E-state index contributed by atoms with van der Waals surface area (Å²) in [4.78, 5) is 9.67. The van der Waals surface area contributed by atoms with E-state index in [0.717, 1.165) is 43.1 Å². The Morgan fingerprint density at radius 3 is 2.63 bits per heavy atom. The summed E-state index contributed by atoms with van der Waals surface area (Å²) < 4.78 is 0. The molecule has 4 rings (SSSR count). The number of hydrazine groups is 1. The Morgan fingerprint density at radius 1 is 1.19 bits per heavy atom. The van der Waals surface area contributed by atoms with Crippen LogP contribution in [0.1, 0.15) is 31.0 Å². The second-order valence-corrected chi connectivity index (χ2v) is 7.49. The highest BCUT2D eigenvalue weighted by atomic mass is 16.3. The molecule has 0 saturated carbocycles. The Balaban J connectivity index is 1.77. The van der Waals surface area contributed by atoms with E-state index in [1.165, 1.54) is 0 Å². The van der Waals surface area contributed by atoms with Crippen molar-refractivity contribution in [1.82, 2.24) is 20.3 Å². The third kappa shape index (κ3) is 3.55. The summed E-state index contributed by atoms with van der Waals surface area (Å²) in [5, 5.41) is 18.3. The van der Waals surface area contributed by atoms with Crippen LogP contribution in [0.4, 0.5) is 11.6 Å². The molecule has 142 valence electrons. The van der Waals surface area contributed by atoms with Gasteiger partial charge in [0.05, 0.1) is 23.1 Å². The molecule has 0 spiro atoms. The molecule has 0 radical (unpaired) electrons. The van der Waals surface area contributed by atoms with E-state index < -0.39 is 0 Å². The topological polar surface area (TPSA) is 64.5 Å². The van der Waals surface area contributed by atoms with Crippen molar-refractivity contribution in [3.05, 3.63) is 59.6 Å². The summed E-state index contributed by atoms with van der Waals surface area (Å²) in [5.74, 6) is 1.29. The summed E-state index contributed by atoms with van der Waals surface area (Å²) in [5.41, 5.74) is 3.10. The monoisotopic (exact) mass is 365 g/mol. The van der Waals surface area contributed by atoms with Crippen LogP contribution in [-0.2, 0) is 6.42 Å². The number of aliphatic hydroxyl groups excluding tert-OH is 1. The second kappa shape index (κ2) is 7.66. The lowest BCUT2D eigenvalue weighted by atomic mass is 9.84. The van der Waals surface area contributed by atoms with Gasteiger partial charge in [-0.2, -0.15) is 0 Å². The summed E-state index contributed by atoms with van der Waals surface area (Å²) in [6, 6.07) is 10.3. The normalized spacial score (nSPS) is 20.3. The van der Waals surface area contributed by atoms with Gasteiger partial charge < -0.3 is 10.4 Å². The van der Waals surface area contributed by atoms with Crippen LogP contribution >= 0.6 is 0 Å². The van der Waals surface area contributed by atoms with Gasteiger partial charge in [0.25, 0.3) is 0 Å². The molecule has 6 heteroatoms. The maximum absolute atomic E-state index is 10.4. The van der Waals surface area contributed by atoms with Gasteiger partial charge in [0.1, 0.15) is 0 Å². The van der Waals surface area contributed by atoms with E-state index >= 15 is 0 Å². The number of nitrogens with one attached hydrogen (secondary N) is 1. The molecule has 1 aromatic carbocycles. The lowest BCUT2D eigenvalue weighted by Gasteiger charge is -2.38. The van der Waals surface area contributed by atoms with E-state index in [2.05, 4.69) is 41.3 Å². The number of benzene rings is 1. The largest absolute Gasteiger partial charge is 0.512 e. The first kappa shape index (κ1) is 17.9. The number of para-hydroxylation sites is 1.